The molecular formula is C17H24N2O. The fraction of sp³-hybridized carbons (Fsp3) is 0.529. The van der Waals surface area contributed by atoms with E-state index in [1.807, 2.05) is 12.1 Å². The summed E-state index contributed by atoms with van der Waals surface area (Å²) in [5, 5.41) is 1.22. The number of benzene rings is 1. The summed E-state index contributed by atoms with van der Waals surface area (Å²) >= 11 is 0. The van der Waals surface area contributed by atoms with Gasteiger partial charge in [-0.15, -0.1) is 0 Å². The summed E-state index contributed by atoms with van der Waals surface area (Å²) in [6.07, 6.45) is 3.88. The van der Waals surface area contributed by atoms with Crippen LogP contribution < -0.4 is 5.73 Å². The molecule has 1 saturated heterocycles. The van der Waals surface area contributed by atoms with E-state index in [4.69, 9.17) is 10.2 Å². The molecule has 2 aromatic rings. The minimum Gasteiger partial charge on any atom is -0.461 e. The van der Waals surface area contributed by atoms with E-state index in [0.29, 0.717) is 12.6 Å². The van der Waals surface area contributed by atoms with Gasteiger partial charge in [0.15, 0.2) is 0 Å². The SMILES string of the molecule is Cc1oc2ccccc2c1C(CN)N1CCCCC1C. The zero-order chi connectivity index (χ0) is 14.1. The van der Waals surface area contributed by atoms with Gasteiger partial charge >= 0.3 is 0 Å². The van der Waals surface area contributed by atoms with Crippen LogP contribution >= 0.6 is 0 Å². The van der Waals surface area contributed by atoms with Gasteiger partial charge in [0.25, 0.3) is 0 Å². The molecule has 108 valence electrons. The molecule has 1 aliphatic heterocycles. The van der Waals surface area contributed by atoms with E-state index in [2.05, 4.69) is 30.9 Å². The Morgan fingerprint density at radius 2 is 2.15 bits per heavy atom. The summed E-state index contributed by atoms with van der Waals surface area (Å²) in [4.78, 5) is 2.56. The van der Waals surface area contributed by atoms with Crippen LogP contribution in [-0.2, 0) is 0 Å². The Balaban J connectivity index is 2.04. The molecule has 0 amide bonds. The summed E-state index contributed by atoms with van der Waals surface area (Å²) in [7, 11) is 0. The van der Waals surface area contributed by atoms with Crippen molar-refractivity contribution >= 4 is 11.0 Å². The van der Waals surface area contributed by atoms with Crippen LogP contribution in [0.2, 0.25) is 0 Å². The molecule has 3 rings (SSSR count). The Morgan fingerprint density at radius 1 is 1.35 bits per heavy atom. The monoisotopic (exact) mass is 272 g/mol. The molecule has 2 N–H and O–H groups in total. The molecule has 0 bridgehead atoms. The number of fused-ring (bicyclic) bond motifs is 1. The molecule has 0 radical (unpaired) electrons. The summed E-state index contributed by atoms with van der Waals surface area (Å²) < 4.78 is 5.93. The van der Waals surface area contributed by atoms with Crippen molar-refractivity contribution in [3.63, 3.8) is 0 Å². The number of hydrogen-bond acceptors (Lipinski definition) is 3. The fourth-order valence-electron chi connectivity index (χ4n) is 3.60. The van der Waals surface area contributed by atoms with Gasteiger partial charge in [-0.25, -0.2) is 0 Å². The van der Waals surface area contributed by atoms with Crippen LogP contribution in [0.15, 0.2) is 28.7 Å². The normalized spacial score (nSPS) is 22.2. The number of rotatable bonds is 3. The Bertz CT molecular complexity index is 590. The van der Waals surface area contributed by atoms with Crippen molar-refractivity contribution in [3.8, 4) is 0 Å². The Hall–Kier alpha value is -1.32. The van der Waals surface area contributed by atoms with E-state index in [0.717, 1.165) is 17.9 Å². The highest BCUT2D eigenvalue weighted by Crippen LogP contribution is 2.35. The number of hydrogen-bond donors (Lipinski definition) is 1. The highest BCUT2D eigenvalue weighted by molar-refractivity contribution is 5.82. The summed E-state index contributed by atoms with van der Waals surface area (Å²) in [5.74, 6) is 1.01. The van der Waals surface area contributed by atoms with E-state index in [9.17, 15) is 0 Å². The quantitative estimate of drug-likeness (QED) is 0.928. The number of aryl methyl sites for hydroxylation is 1. The zero-order valence-electron chi connectivity index (χ0n) is 12.4. The van der Waals surface area contributed by atoms with Gasteiger partial charge in [-0.1, -0.05) is 24.6 Å². The first-order valence-electron chi connectivity index (χ1n) is 7.66. The maximum Gasteiger partial charge on any atom is 0.134 e. The minimum absolute atomic E-state index is 0.272. The van der Waals surface area contributed by atoms with E-state index < -0.39 is 0 Å². The average molecular weight is 272 g/mol. The average Bonchev–Trinajstić information content (AvgIpc) is 2.78. The third-order valence-electron chi connectivity index (χ3n) is 4.63. The molecule has 3 nitrogen and oxygen atoms in total. The summed E-state index contributed by atoms with van der Waals surface area (Å²) in [6.45, 7) is 6.17. The molecule has 3 heteroatoms. The first-order valence-corrected chi connectivity index (χ1v) is 7.66. The molecule has 0 spiro atoms. The highest BCUT2D eigenvalue weighted by Gasteiger charge is 2.29. The molecule has 1 aromatic heterocycles. The maximum absolute atomic E-state index is 6.13. The van der Waals surface area contributed by atoms with E-state index in [1.54, 1.807) is 0 Å². The lowest BCUT2D eigenvalue weighted by Gasteiger charge is -2.39. The van der Waals surface area contributed by atoms with Gasteiger partial charge in [-0.05, 0) is 39.3 Å². The second-order valence-corrected chi connectivity index (χ2v) is 5.90. The lowest BCUT2D eigenvalue weighted by molar-refractivity contribution is 0.108. The maximum atomic E-state index is 6.13. The van der Waals surface area contributed by atoms with Gasteiger partial charge in [0, 0.05) is 23.5 Å². The smallest absolute Gasteiger partial charge is 0.134 e. The minimum atomic E-state index is 0.272. The zero-order valence-corrected chi connectivity index (χ0v) is 12.4. The van der Waals surface area contributed by atoms with Gasteiger partial charge in [-0.2, -0.15) is 0 Å². The Kier molecular flexibility index (Phi) is 3.81. The number of piperidine rings is 1. The predicted molar refractivity (Wildman–Crippen MR) is 82.8 cm³/mol. The molecule has 1 fully saturated rings. The van der Waals surface area contributed by atoms with Crippen LogP contribution in [0.5, 0.6) is 0 Å². The van der Waals surface area contributed by atoms with Crippen molar-refractivity contribution in [3.05, 3.63) is 35.6 Å². The second-order valence-electron chi connectivity index (χ2n) is 5.90. The van der Waals surface area contributed by atoms with Gasteiger partial charge in [0.2, 0.25) is 0 Å². The summed E-state index contributed by atoms with van der Waals surface area (Å²) in [5.41, 5.74) is 8.40. The van der Waals surface area contributed by atoms with Crippen LogP contribution in [0, 0.1) is 6.92 Å². The molecule has 20 heavy (non-hydrogen) atoms. The van der Waals surface area contributed by atoms with E-state index in [-0.39, 0.29) is 6.04 Å². The topological polar surface area (TPSA) is 42.4 Å². The number of para-hydroxylation sites is 1. The fourth-order valence-corrected chi connectivity index (χ4v) is 3.60. The van der Waals surface area contributed by atoms with Crippen molar-refractivity contribution in [1.82, 2.24) is 4.90 Å². The van der Waals surface area contributed by atoms with Gasteiger partial charge in [0.1, 0.15) is 11.3 Å². The van der Waals surface area contributed by atoms with E-state index in [1.165, 1.54) is 30.2 Å². The van der Waals surface area contributed by atoms with E-state index >= 15 is 0 Å². The molecule has 0 saturated carbocycles. The Labute approximate surface area is 120 Å². The van der Waals surface area contributed by atoms with Gasteiger partial charge < -0.3 is 10.2 Å². The Morgan fingerprint density at radius 3 is 2.90 bits per heavy atom. The highest BCUT2D eigenvalue weighted by atomic mass is 16.3. The van der Waals surface area contributed by atoms with Crippen molar-refractivity contribution < 1.29 is 4.42 Å². The van der Waals surface area contributed by atoms with Crippen molar-refractivity contribution in [1.29, 1.82) is 0 Å². The molecule has 2 heterocycles. The molecule has 2 unspecified atom stereocenters. The molecule has 1 aliphatic rings. The number of likely N-dealkylation sites (tertiary alicyclic amines) is 1. The number of nitrogens with zero attached hydrogens (tertiary/aromatic N) is 1. The molecule has 0 aliphatic carbocycles. The molecular weight excluding hydrogens is 248 g/mol. The van der Waals surface area contributed by atoms with Crippen LogP contribution in [0.25, 0.3) is 11.0 Å². The van der Waals surface area contributed by atoms with Gasteiger partial charge in [-0.3, -0.25) is 4.90 Å². The van der Waals surface area contributed by atoms with Gasteiger partial charge in [0.05, 0.1) is 6.04 Å². The third-order valence-corrected chi connectivity index (χ3v) is 4.63. The van der Waals surface area contributed by atoms with Crippen LogP contribution in [0.3, 0.4) is 0 Å². The van der Waals surface area contributed by atoms with Crippen molar-refractivity contribution in [2.75, 3.05) is 13.1 Å². The first-order chi connectivity index (χ1) is 9.72. The standard InChI is InChI=1S/C17H24N2O/c1-12-7-5-6-10-19(12)15(11-18)17-13(2)20-16-9-4-3-8-14(16)17/h3-4,8-9,12,15H,5-7,10-11,18H2,1-2H3. The van der Waals surface area contributed by atoms with Crippen LogP contribution in [0.1, 0.15) is 43.6 Å². The van der Waals surface area contributed by atoms with Crippen molar-refractivity contribution in [2.24, 2.45) is 5.73 Å². The second kappa shape index (κ2) is 5.58. The lowest BCUT2D eigenvalue weighted by Crippen LogP contribution is -2.43. The predicted octanol–water partition coefficient (Wildman–Crippen LogP) is 3.62. The first kappa shape index (κ1) is 13.7. The number of furan rings is 1. The third kappa shape index (κ3) is 2.25. The van der Waals surface area contributed by atoms with Crippen LogP contribution in [0.4, 0.5) is 0 Å². The largest absolute Gasteiger partial charge is 0.461 e. The molecule has 2 atom stereocenters. The number of nitrogens with two attached hydrogens (primary N) is 1. The lowest BCUT2D eigenvalue weighted by atomic mass is 9.95. The van der Waals surface area contributed by atoms with Crippen LogP contribution in [-0.4, -0.2) is 24.0 Å². The summed E-state index contributed by atoms with van der Waals surface area (Å²) in [6, 6.07) is 9.17. The molecule has 1 aromatic carbocycles. The van der Waals surface area contributed by atoms with Crippen molar-refractivity contribution in [2.45, 2.75) is 45.2 Å².